The van der Waals surface area contributed by atoms with E-state index >= 15 is 0 Å². The van der Waals surface area contributed by atoms with Crippen molar-refractivity contribution in [1.82, 2.24) is 0 Å². The van der Waals surface area contributed by atoms with E-state index in [9.17, 15) is 4.79 Å². The molecule has 4 heteroatoms. The van der Waals surface area contributed by atoms with Gasteiger partial charge >= 0.3 is 5.97 Å². The molecular weight excluding hydrogens is 218 g/mol. The van der Waals surface area contributed by atoms with Crippen LogP contribution in [-0.2, 0) is 9.53 Å². The maximum Gasteiger partial charge on any atom is 0.305 e. The number of carboxylic acids is 1. The highest BCUT2D eigenvalue weighted by atomic mass is 16.5. The molecule has 1 aliphatic rings. The summed E-state index contributed by atoms with van der Waals surface area (Å²) in [6.07, 6.45) is 1.36. The zero-order valence-corrected chi connectivity index (χ0v) is 11.7. The van der Waals surface area contributed by atoms with Crippen LogP contribution in [-0.4, -0.2) is 29.3 Å². The largest absolute Gasteiger partial charge is 0.481 e. The molecule has 1 aliphatic heterocycles. The smallest absolute Gasteiger partial charge is 0.305 e. The first kappa shape index (κ1) is 16.4. The van der Waals surface area contributed by atoms with E-state index in [2.05, 4.69) is 20.8 Å². The Morgan fingerprint density at radius 2 is 1.88 bits per heavy atom. The van der Waals surface area contributed by atoms with Crippen molar-refractivity contribution in [2.75, 3.05) is 0 Å². The summed E-state index contributed by atoms with van der Waals surface area (Å²) in [5.41, 5.74) is 5.94. The van der Waals surface area contributed by atoms with Crippen LogP contribution < -0.4 is 5.73 Å². The zero-order chi connectivity index (χ0) is 13.6. The van der Waals surface area contributed by atoms with E-state index in [0.717, 1.165) is 6.42 Å². The molecule has 0 amide bonds. The van der Waals surface area contributed by atoms with E-state index in [1.165, 1.54) is 0 Å². The van der Waals surface area contributed by atoms with Crippen LogP contribution in [0.15, 0.2) is 0 Å². The summed E-state index contributed by atoms with van der Waals surface area (Å²) in [4.78, 5) is 10.6. The van der Waals surface area contributed by atoms with Crippen LogP contribution in [0.25, 0.3) is 0 Å². The van der Waals surface area contributed by atoms with Crippen LogP contribution in [0.2, 0.25) is 0 Å². The lowest BCUT2D eigenvalue weighted by atomic mass is 9.82. The Hall–Kier alpha value is -0.610. The third kappa shape index (κ3) is 6.03. The molecule has 0 radical (unpaired) electrons. The monoisotopic (exact) mass is 245 g/mol. The topological polar surface area (TPSA) is 72.6 Å². The van der Waals surface area contributed by atoms with E-state index in [-0.39, 0.29) is 30.1 Å². The van der Waals surface area contributed by atoms with Crippen LogP contribution in [0, 0.1) is 5.41 Å². The Morgan fingerprint density at radius 3 is 2.29 bits per heavy atom. The minimum atomic E-state index is -0.818. The highest BCUT2D eigenvalue weighted by Gasteiger charge is 2.35. The molecule has 4 nitrogen and oxygen atoms in total. The lowest BCUT2D eigenvalue weighted by Gasteiger charge is -2.40. The molecule has 17 heavy (non-hydrogen) atoms. The Balaban J connectivity index is 0.00000121. The second-order valence-electron chi connectivity index (χ2n) is 5.44. The van der Waals surface area contributed by atoms with Crippen molar-refractivity contribution >= 4 is 5.97 Å². The van der Waals surface area contributed by atoms with E-state index in [1.807, 2.05) is 13.8 Å². The predicted octanol–water partition coefficient (Wildman–Crippen LogP) is 2.41. The molecule has 1 fully saturated rings. The highest BCUT2D eigenvalue weighted by molar-refractivity contribution is 5.67. The van der Waals surface area contributed by atoms with Crippen molar-refractivity contribution in [1.29, 1.82) is 0 Å². The summed E-state index contributed by atoms with van der Waals surface area (Å²) >= 11 is 0. The summed E-state index contributed by atoms with van der Waals surface area (Å²) < 4.78 is 5.77. The van der Waals surface area contributed by atoms with E-state index in [1.54, 1.807) is 0 Å². The first-order valence-corrected chi connectivity index (χ1v) is 6.42. The van der Waals surface area contributed by atoms with Gasteiger partial charge in [-0.2, -0.15) is 0 Å². The Morgan fingerprint density at radius 1 is 1.35 bits per heavy atom. The van der Waals surface area contributed by atoms with Gasteiger partial charge in [-0.1, -0.05) is 34.6 Å². The number of nitrogens with two attached hydrogens (primary N) is 1. The molecule has 0 aromatic rings. The molecule has 0 aliphatic carbocycles. The first-order chi connectivity index (χ1) is 7.79. The molecule has 102 valence electrons. The number of carboxylic acid groups (broad SMARTS) is 1. The summed E-state index contributed by atoms with van der Waals surface area (Å²) in [5, 5.41) is 8.72. The molecule has 0 spiro atoms. The maximum atomic E-state index is 10.6. The van der Waals surface area contributed by atoms with Crippen molar-refractivity contribution in [2.24, 2.45) is 11.1 Å². The van der Waals surface area contributed by atoms with Crippen LogP contribution in [0.4, 0.5) is 0 Å². The van der Waals surface area contributed by atoms with Crippen LogP contribution in [0.3, 0.4) is 0 Å². The van der Waals surface area contributed by atoms with Gasteiger partial charge in [0.2, 0.25) is 0 Å². The van der Waals surface area contributed by atoms with Gasteiger partial charge < -0.3 is 15.6 Å². The maximum absolute atomic E-state index is 10.6. The first-order valence-electron chi connectivity index (χ1n) is 6.42. The second-order valence-corrected chi connectivity index (χ2v) is 5.44. The minimum absolute atomic E-state index is 0.0226. The van der Waals surface area contributed by atoms with Gasteiger partial charge in [0, 0.05) is 6.04 Å². The van der Waals surface area contributed by atoms with Crippen molar-refractivity contribution in [3.8, 4) is 0 Å². The van der Waals surface area contributed by atoms with Crippen molar-refractivity contribution < 1.29 is 14.6 Å². The molecule has 0 aromatic carbocycles. The molecule has 0 bridgehead atoms. The minimum Gasteiger partial charge on any atom is -0.481 e. The highest BCUT2D eigenvalue weighted by Crippen LogP contribution is 2.32. The van der Waals surface area contributed by atoms with Crippen LogP contribution >= 0.6 is 0 Å². The number of hydrogen-bond donors (Lipinski definition) is 2. The van der Waals surface area contributed by atoms with Gasteiger partial charge in [0.05, 0.1) is 18.6 Å². The Kier molecular flexibility index (Phi) is 6.72. The van der Waals surface area contributed by atoms with Gasteiger partial charge in [-0.15, -0.1) is 0 Å². The molecule has 1 unspecified atom stereocenters. The standard InChI is InChI=1S/C11H21NO3.C2H6/c1-11(2,3)9-5-7(12)4-8(15-9)6-10(13)14;1-2/h7-9H,4-6,12H2,1-3H3,(H,13,14);1-2H3/t7-,8-,9?;/m0./s1. The van der Waals surface area contributed by atoms with Crippen molar-refractivity contribution in [3.63, 3.8) is 0 Å². The van der Waals surface area contributed by atoms with Crippen LogP contribution in [0.1, 0.15) is 53.9 Å². The number of hydrogen-bond acceptors (Lipinski definition) is 3. The predicted molar refractivity (Wildman–Crippen MR) is 68.9 cm³/mol. The van der Waals surface area contributed by atoms with E-state index in [4.69, 9.17) is 15.6 Å². The van der Waals surface area contributed by atoms with Gasteiger partial charge in [0.25, 0.3) is 0 Å². The molecular formula is C13H27NO3. The van der Waals surface area contributed by atoms with Gasteiger partial charge in [-0.3, -0.25) is 4.79 Å². The molecule has 0 aromatic heterocycles. The van der Waals surface area contributed by atoms with Gasteiger partial charge in [-0.25, -0.2) is 0 Å². The summed E-state index contributed by atoms with van der Waals surface area (Å²) in [6.45, 7) is 10.3. The molecule has 1 heterocycles. The Labute approximate surface area is 105 Å². The lowest BCUT2D eigenvalue weighted by molar-refractivity contribution is -0.148. The zero-order valence-electron chi connectivity index (χ0n) is 11.7. The fourth-order valence-corrected chi connectivity index (χ4v) is 1.94. The quantitative estimate of drug-likeness (QED) is 0.783. The van der Waals surface area contributed by atoms with Gasteiger partial charge in [-0.05, 0) is 18.3 Å². The molecule has 3 atom stereocenters. The normalized spacial score (nSPS) is 29.2. The summed E-state index contributed by atoms with van der Waals surface area (Å²) in [5.74, 6) is -0.818. The van der Waals surface area contributed by atoms with Crippen molar-refractivity contribution in [3.05, 3.63) is 0 Å². The number of ether oxygens (including phenoxy) is 1. The fraction of sp³-hybridized carbons (Fsp3) is 0.923. The molecule has 1 saturated heterocycles. The van der Waals surface area contributed by atoms with Crippen molar-refractivity contribution in [2.45, 2.75) is 72.1 Å². The number of aliphatic carboxylic acids is 1. The summed E-state index contributed by atoms with van der Waals surface area (Å²) in [7, 11) is 0. The Bertz CT molecular complexity index is 235. The van der Waals surface area contributed by atoms with Gasteiger partial charge in [0.15, 0.2) is 0 Å². The van der Waals surface area contributed by atoms with E-state index < -0.39 is 5.97 Å². The summed E-state index contributed by atoms with van der Waals surface area (Å²) in [6, 6.07) is 0.0623. The number of rotatable bonds is 2. The molecule has 3 N–H and O–H groups in total. The lowest BCUT2D eigenvalue weighted by Crippen LogP contribution is -2.46. The third-order valence-corrected chi connectivity index (χ3v) is 2.81. The van der Waals surface area contributed by atoms with Crippen LogP contribution in [0.5, 0.6) is 0 Å². The molecule has 0 saturated carbocycles. The van der Waals surface area contributed by atoms with Gasteiger partial charge in [0.1, 0.15) is 0 Å². The molecule has 1 rings (SSSR count). The fourth-order valence-electron chi connectivity index (χ4n) is 1.94. The number of carbonyl (C=O) groups is 1. The van der Waals surface area contributed by atoms with E-state index in [0.29, 0.717) is 6.42 Å². The second kappa shape index (κ2) is 6.97. The SMILES string of the molecule is CC.CC(C)(C)C1C[C@@H](N)C[C@@H](CC(=O)O)O1. The average molecular weight is 245 g/mol. The average Bonchev–Trinajstić information content (AvgIpc) is 2.17. The third-order valence-electron chi connectivity index (χ3n) is 2.81.